The van der Waals surface area contributed by atoms with Crippen molar-refractivity contribution in [1.29, 1.82) is 0 Å². The summed E-state index contributed by atoms with van der Waals surface area (Å²) in [4.78, 5) is 0. The second-order valence-electron chi connectivity index (χ2n) is 3.57. The number of ether oxygens (including phenoxy) is 2. The van der Waals surface area contributed by atoms with Gasteiger partial charge in [0.2, 0.25) is 0 Å². The molecule has 0 heterocycles. The van der Waals surface area contributed by atoms with Gasteiger partial charge in [-0.3, -0.25) is 0 Å². The lowest BCUT2D eigenvalue weighted by Crippen LogP contribution is -2.01. The number of nitrogen functional groups attached to an aromatic ring is 1. The van der Waals surface area contributed by atoms with Crippen LogP contribution in [-0.4, -0.2) is 20.3 Å². The number of hydrogen-bond acceptors (Lipinski definition) is 3. The highest BCUT2D eigenvalue weighted by Gasteiger charge is 1.99. The number of unbranched alkanes of at least 4 members (excludes halogenated alkanes) is 1. The maximum atomic E-state index is 5.65. The molecule has 0 radical (unpaired) electrons. The van der Waals surface area contributed by atoms with Crippen molar-refractivity contribution < 1.29 is 9.47 Å². The van der Waals surface area contributed by atoms with Crippen molar-refractivity contribution in [2.45, 2.75) is 19.8 Å². The van der Waals surface area contributed by atoms with Crippen molar-refractivity contribution in [3.8, 4) is 5.75 Å². The second kappa shape index (κ2) is 6.30. The van der Waals surface area contributed by atoms with Crippen LogP contribution < -0.4 is 10.5 Å². The van der Waals surface area contributed by atoms with Crippen LogP contribution >= 0.6 is 0 Å². The summed E-state index contributed by atoms with van der Waals surface area (Å²) in [7, 11) is 1.71. The molecule has 84 valence electrons. The molecular weight excluding hydrogens is 190 g/mol. The zero-order valence-corrected chi connectivity index (χ0v) is 9.45. The van der Waals surface area contributed by atoms with Gasteiger partial charge in [-0.05, 0) is 43.5 Å². The Morgan fingerprint density at radius 1 is 1.20 bits per heavy atom. The Morgan fingerprint density at radius 2 is 1.93 bits per heavy atom. The molecule has 1 aromatic rings. The molecule has 0 atom stereocenters. The molecule has 0 fully saturated rings. The molecule has 1 aromatic carbocycles. The summed E-state index contributed by atoms with van der Waals surface area (Å²) in [5.74, 6) is 0.918. The van der Waals surface area contributed by atoms with Crippen LogP contribution in [0, 0.1) is 6.92 Å². The summed E-state index contributed by atoms with van der Waals surface area (Å²) < 4.78 is 10.6. The molecule has 3 heteroatoms. The van der Waals surface area contributed by atoms with Crippen molar-refractivity contribution in [2.24, 2.45) is 0 Å². The van der Waals surface area contributed by atoms with Gasteiger partial charge in [0.25, 0.3) is 0 Å². The highest BCUT2D eigenvalue weighted by atomic mass is 16.5. The Hall–Kier alpha value is -1.22. The lowest BCUT2D eigenvalue weighted by atomic mass is 10.2. The molecule has 0 amide bonds. The Kier molecular flexibility index (Phi) is 4.98. The van der Waals surface area contributed by atoms with Gasteiger partial charge in [-0.15, -0.1) is 0 Å². The van der Waals surface area contributed by atoms with E-state index in [1.165, 1.54) is 0 Å². The minimum Gasteiger partial charge on any atom is -0.493 e. The van der Waals surface area contributed by atoms with Crippen molar-refractivity contribution in [2.75, 3.05) is 26.1 Å². The van der Waals surface area contributed by atoms with E-state index in [1.807, 2.05) is 25.1 Å². The molecule has 0 aromatic heterocycles. The molecule has 15 heavy (non-hydrogen) atoms. The number of rotatable bonds is 6. The van der Waals surface area contributed by atoms with E-state index in [4.69, 9.17) is 15.2 Å². The molecule has 0 spiro atoms. The number of hydrogen-bond donors (Lipinski definition) is 1. The van der Waals surface area contributed by atoms with Crippen LogP contribution in [0.1, 0.15) is 18.4 Å². The summed E-state index contributed by atoms with van der Waals surface area (Å²) in [5.41, 5.74) is 7.51. The number of aryl methyl sites for hydroxylation is 1. The first kappa shape index (κ1) is 11.9. The molecule has 0 aliphatic rings. The zero-order valence-electron chi connectivity index (χ0n) is 9.45. The summed E-state index contributed by atoms with van der Waals surface area (Å²) in [5, 5.41) is 0. The van der Waals surface area contributed by atoms with Gasteiger partial charge >= 0.3 is 0 Å². The Balaban J connectivity index is 2.31. The normalized spacial score (nSPS) is 10.3. The third-order valence-corrected chi connectivity index (χ3v) is 2.20. The quantitative estimate of drug-likeness (QED) is 0.578. The number of methoxy groups -OCH3 is 1. The van der Waals surface area contributed by atoms with Crippen molar-refractivity contribution in [1.82, 2.24) is 0 Å². The van der Waals surface area contributed by atoms with E-state index in [0.717, 1.165) is 43.1 Å². The van der Waals surface area contributed by atoms with Crippen molar-refractivity contribution in [3.05, 3.63) is 23.8 Å². The monoisotopic (exact) mass is 209 g/mol. The van der Waals surface area contributed by atoms with E-state index in [9.17, 15) is 0 Å². The maximum Gasteiger partial charge on any atom is 0.122 e. The van der Waals surface area contributed by atoms with Gasteiger partial charge in [0.15, 0.2) is 0 Å². The van der Waals surface area contributed by atoms with Gasteiger partial charge in [0.05, 0.1) is 6.61 Å². The van der Waals surface area contributed by atoms with Crippen LogP contribution in [0.3, 0.4) is 0 Å². The van der Waals surface area contributed by atoms with E-state index < -0.39 is 0 Å². The molecule has 0 aliphatic heterocycles. The van der Waals surface area contributed by atoms with Gasteiger partial charge in [-0.2, -0.15) is 0 Å². The third-order valence-electron chi connectivity index (χ3n) is 2.20. The van der Waals surface area contributed by atoms with Crippen LogP contribution in [0.2, 0.25) is 0 Å². The fourth-order valence-corrected chi connectivity index (χ4v) is 1.37. The largest absolute Gasteiger partial charge is 0.493 e. The summed E-state index contributed by atoms with van der Waals surface area (Å²) in [6.45, 7) is 3.53. The summed E-state index contributed by atoms with van der Waals surface area (Å²) in [6.07, 6.45) is 2.04. The molecule has 3 nitrogen and oxygen atoms in total. The minimum absolute atomic E-state index is 0.730. The smallest absolute Gasteiger partial charge is 0.122 e. The molecule has 2 N–H and O–H groups in total. The average Bonchev–Trinajstić information content (AvgIpc) is 2.20. The van der Waals surface area contributed by atoms with E-state index in [2.05, 4.69) is 0 Å². The molecule has 0 saturated heterocycles. The van der Waals surface area contributed by atoms with Crippen LogP contribution in [0.25, 0.3) is 0 Å². The van der Waals surface area contributed by atoms with Crippen molar-refractivity contribution >= 4 is 5.69 Å². The van der Waals surface area contributed by atoms with E-state index in [-0.39, 0.29) is 0 Å². The number of nitrogens with two attached hydrogens (primary N) is 1. The van der Waals surface area contributed by atoms with Gasteiger partial charge in [-0.1, -0.05) is 0 Å². The van der Waals surface area contributed by atoms with Crippen LogP contribution in [0.5, 0.6) is 5.75 Å². The predicted molar refractivity (Wildman–Crippen MR) is 62.2 cm³/mol. The highest BCUT2D eigenvalue weighted by Crippen LogP contribution is 2.20. The fourth-order valence-electron chi connectivity index (χ4n) is 1.37. The van der Waals surface area contributed by atoms with Crippen molar-refractivity contribution in [3.63, 3.8) is 0 Å². The first-order valence-corrected chi connectivity index (χ1v) is 5.22. The van der Waals surface area contributed by atoms with Crippen LogP contribution in [0.15, 0.2) is 18.2 Å². The number of benzene rings is 1. The summed E-state index contributed by atoms with van der Waals surface area (Å²) in [6, 6.07) is 5.70. The lowest BCUT2D eigenvalue weighted by molar-refractivity contribution is 0.184. The first-order chi connectivity index (χ1) is 7.24. The third kappa shape index (κ3) is 4.21. The molecule has 0 bridgehead atoms. The lowest BCUT2D eigenvalue weighted by Gasteiger charge is -2.09. The molecule has 0 unspecified atom stereocenters. The van der Waals surface area contributed by atoms with Crippen LogP contribution in [-0.2, 0) is 4.74 Å². The molecule has 1 rings (SSSR count). The maximum absolute atomic E-state index is 5.65. The SMILES string of the molecule is COCCCCOc1ccc(N)cc1C. The first-order valence-electron chi connectivity index (χ1n) is 5.22. The highest BCUT2D eigenvalue weighted by molar-refractivity contribution is 5.47. The standard InChI is InChI=1S/C12H19NO2/c1-10-9-11(13)5-6-12(10)15-8-4-3-7-14-2/h5-6,9H,3-4,7-8,13H2,1-2H3. The van der Waals surface area contributed by atoms with E-state index in [0.29, 0.717) is 0 Å². The Labute approximate surface area is 91.2 Å². The Bertz CT molecular complexity index is 300. The predicted octanol–water partition coefficient (Wildman–Crippen LogP) is 2.38. The second-order valence-corrected chi connectivity index (χ2v) is 3.57. The molecular formula is C12H19NO2. The fraction of sp³-hybridized carbons (Fsp3) is 0.500. The van der Waals surface area contributed by atoms with E-state index >= 15 is 0 Å². The summed E-state index contributed by atoms with van der Waals surface area (Å²) >= 11 is 0. The van der Waals surface area contributed by atoms with Crippen LogP contribution in [0.4, 0.5) is 5.69 Å². The molecule has 0 saturated carbocycles. The topological polar surface area (TPSA) is 44.5 Å². The Morgan fingerprint density at radius 3 is 2.60 bits per heavy atom. The van der Waals surface area contributed by atoms with Gasteiger partial charge in [0, 0.05) is 19.4 Å². The average molecular weight is 209 g/mol. The number of anilines is 1. The minimum atomic E-state index is 0.730. The van der Waals surface area contributed by atoms with Gasteiger partial charge < -0.3 is 15.2 Å². The van der Waals surface area contributed by atoms with Gasteiger partial charge in [-0.25, -0.2) is 0 Å². The zero-order chi connectivity index (χ0) is 11.1. The van der Waals surface area contributed by atoms with E-state index in [1.54, 1.807) is 7.11 Å². The molecule has 0 aliphatic carbocycles. The van der Waals surface area contributed by atoms with Gasteiger partial charge in [0.1, 0.15) is 5.75 Å².